The van der Waals surface area contributed by atoms with Crippen molar-refractivity contribution in [3.05, 3.63) is 35.1 Å². The molecule has 1 aliphatic heterocycles. The number of amides is 1. The minimum absolute atomic E-state index is 0.0238. The van der Waals surface area contributed by atoms with E-state index >= 15 is 0 Å². The number of rotatable bonds is 3. The lowest BCUT2D eigenvalue weighted by Gasteiger charge is -2.37. The zero-order chi connectivity index (χ0) is 14.9. The smallest absolute Gasteiger partial charge is 0.237 e. The Balaban J connectivity index is 2.23. The Labute approximate surface area is 114 Å². The number of hydrogen-bond donors (Lipinski definition) is 1. The fraction of sp³-hybridized carbons (Fsp3) is 0.462. The quantitative estimate of drug-likeness (QED) is 0.850. The van der Waals surface area contributed by atoms with Crippen LogP contribution in [0.5, 0.6) is 0 Å². The van der Waals surface area contributed by atoms with E-state index in [9.17, 15) is 18.0 Å². The summed E-state index contributed by atoms with van der Waals surface area (Å²) in [4.78, 5) is 13.0. The summed E-state index contributed by atoms with van der Waals surface area (Å²) >= 11 is 0. The summed E-state index contributed by atoms with van der Waals surface area (Å²) in [7, 11) is 0. The Morgan fingerprint density at radius 3 is 2.65 bits per heavy atom. The molecule has 0 saturated carbocycles. The zero-order valence-corrected chi connectivity index (χ0v) is 10.9. The summed E-state index contributed by atoms with van der Waals surface area (Å²) < 4.78 is 45.0. The van der Waals surface area contributed by atoms with Crippen LogP contribution in [0.3, 0.4) is 0 Å². The van der Waals surface area contributed by atoms with E-state index in [1.54, 1.807) is 11.8 Å². The van der Waals surface area contributed by atoms with Crippen molar-refractivity contribution in [3.63, 3.8) is 0 Å². The molecule has 1 heterocycles. The van der Waals surface area contributed by atoms with Crippen LogP contribution in [0.1, 0.15) is 12.5 Å². The number of morpholine rings is 1. The number of carbonyl (C=O) groups is 1. The number of hydrogen-bond acceptors (Lipinski definition) is 3. The van der Waals surface area contributed by atoms with Gasteiger partial charge in [-0.25, -0.2) is 13.2 Å². The number of primary amides is 1. The highest BCUT2D eigenvalue weighted by molar-refractivity contribution is 5.80. The molecule has 2 N–H and O–H groups in total. The Kier molecular flexibility index (Phi) is 4.29. The maximum absolute atomic E-state index is 13.6. The Bertz CT molecular complexity index is 525. The van der Waals surface area contributed by atoms with Gasteiger partial charge in [-0.2, -0.15) is 0 Å². The molecule has 1 fully saturated rings. The van der Waals surface area contributed by atoms with E-state index in [-0.39, 0.29) is 12.1 Å². The van der Waals surface area contributed by atoms with Crippen LogP contribution in [-0.4, -0.2) is 36.1 Å². The van der Waals surface area contributed by atoms with Crippen LogP contribution in [0.25, 0.3) is 0 Å². The van der Waals surface area contributed by atoms with E-state index in [0.717, 1.165) is 6.07 Å². The van der Waals surface area contributed by atoms with E-state index in [1.165, 1.54) is 0 Å². The van der Waals surface area contributed by atoms with Gasteiger partial charge in [-0.3, -0.25) is 9.69 Å². The van der Waals surface area contributed by atoms with Gasteiger partial charge >= 0.3 is 0 Å². The van der Waals surface area contributed by atoms with Gasteiger partial charge < -0.3 is 10.5 Å². The predicted molar refractivity (Wildman–Crippen MR) is 65.1 cm³/mol. The number of carbonyl (C=O) groups excluding carboxylic acids is 1. The van der Waals surface area contributed by atoms with Gasteiger partial charge in [0.05, 0.1) is 12.7 Å². The molecule has 1 saturated heterocycles. The fourth-order valence-electron chi connectivity index (χ4n) is 2.38. The van der Waals surface area contributed by atoms with Crippen molar-refractivity contribution >= 4 is 5.91 Å². The lowest BCUT2D eigenvalue weighted by atomic mass is 10.1. The first-order valence-corrected chi connectivity index (χ1v) is 6.18. The molecule has 0 aliphatic carbocycles. The minimum atomic E-state index is -1.24. The van der Waals surface area contributed by atoms with Gasteiger partial charge in [0, 0.05) is 24.7 Å². The molecule has 2 rings (SSSR count). The first kappa shape index (κ1) is 14.8. The SMILES string of the molecule is C[C@H]1OCCN(Cc2cc(F)c(F)cc2F)[C@@H]1C(N)=O. The molecule has 0 bridgehead atoms. The second-order valence-electron chi connectivity index (χ2n) is 4.75. The summed E-state index contributed by atoms with van der Waals surface area (Å²) in [6, 6.07) is 0.563. The molecule has 1 amide bonds. The Hall–Kier alpha value is -1.60. The summed E-state index contributed by atoms with van der Waals surface area (Å²) in [5.41, 5.74) is 5.28. The fourth-order valence-corrected chi connectivity index (χ4v) is 2.38. The second-order valence-corrected chi connectivity index (χ2v) is 4.75. The van der Waals surface area contributed by atoms with Crippen LogP contribution < -0.4 is 5.73 Å². The molecule has 4 nitrogen and oxygen atoms in total. The number of nitrogens with two attached hydrogens (primary N) is 1. The molecule has 20 heavy (non-hydrogen) atoms. The molecule has 1 aromatic rings. The largest absolute Gasteiger partial charge is 0.375 e. The highest BCUT2D eigenvalue weighted by atomic mass is 19.2. The van der Waals surface area contributed by atoms with Gasteiger partial charge in [-0.15, -0.1) is 0 Å². The number of ether oxygens (including phenoxy) is 1. The molecular formula is C13H15F3N2O2. The molecule has 0 spiro atoms. The molecule has 1 aliphatic rings. The average molecular weight is 288 g/mol. The van der Waals surface area contributed by atoms with Crippen LogP contribution in [0, 0.1) is 17.5 Å². The molecular weight excluding hydrogens is 273 g/mol. The standard InChI is InChI=1S/C13H15F3N2O2/c1-7-12(13(17)19)18(2-3-20-7)6-8-4-10(15)11(16)5-9(8)14/h4-5,7,12H,2-3,6H2,1H3,(H2,17,19)/t7-,12+/m1/s1. The molecule has 0 radical (unpaired) electrons. The van der Waals surface area contributed by atoms with Gasteiger partial charge in [0.2, 0.25) is 5.91 Å². The summed E-state index contributed by atoms with van der Waals surface area (Å²) in [6.07, 6.45) is -0.436. The molecule has 7 heteroatoms. The number of halogens is 3. The maximum atomic E-state index is 13.6. The highest BCUT2D eigenvalue weighted by Crippen LogP contribution is 2.20. The number of nitrogens with zero attached hydrogens (tertiary/aromatic N) is 1. The normalized spacial score (nSPS) is 23.8. The lowest BCUT2D eigenvalue weighted by Crippen LogP contribution is -2.56. The van der Waals surface area contributed by atoms with Crippen molar-refractivity contribution < 1.29 is 22.7 Å². The van der Waals surface area contributed by atoms with Crippen molar-refractivity contribution in [1.29, 1.82) is 0 Å². The van der Waals surface area contributed by atoms with E-state index in [4.69, 9.17) is 10.5 Å². The third-order valence-corrected chi connectivity index (χ3v) is 3.35. The first-order chi connectivity index (χ1) is 9.40. The van der Waals surface area contributed by atoms with Crippen molar-refractivity contribution in [1.82, 2.24) is 4.90 Å². The van der Waals surface area contributed by atoms with Gasteiger partial charge in [-0.05, 0) is 13.0 Å². The molecule has 2 atom stereocenters. The van der Waals surface area contributed by atoms with Crippen LogP contribution in [0.15, 0.2) is 12.1 Å². The topological polar surface area (TPSA) is 55.6 Å². The monoisotopic (exact) mass is 288 g/mol. The number of benzene rings is 1. The van der Waals surface area contributed by atoms with E-state index in [1.807, 2.05) is 0 Å². The van der Waals surface area contributed by atoms with E-state index < -0.39 is 35.5 Å². The van der Waals surface area contributed by atoms with Gasteiger partial charge in [0.15, 0.2) is 11.6 Å². The molecule has 0 aromatic heterocycles. The average Bonchev–Trinajstić information content (AvgIpc) is 2.35. The molecule has 110 valence electrons. The maximum Gasteiger partial charge on any atom is 0.237 e. The first-order valence-electron chi connectivity index (χ1n) is 6.18. The van der Waals surface area contributed by atoms with Crippen molar-refractivity contribution in [2.45, 2.75) is 25.6 Å². The van der Waals surface area contributed by atoms with Crippen molar-refractivity contribution in [2.75, 3.05) is 13.2 Å². The Morgan fingerprint density at radius 1 is 1.35 bits per heavy atom. The highest BCUT2D eigenvalue weighted by Gasteiger charge is 2.34. The minimum Gasteiger partial charge on any atom is -0.375 e. The molecule has 0 unspecified atom stereocenters. The zero-order valence-electron chi connectivity index (χ0n) is 10.9. The van der Waals surface area contributed by atoms with E-state index in [2.05, 4.69) is 0 Å². The second kappa shape index (κ2) is 5.80. The van der Waals surface area contributed by atoms with Crippen LogP contribution >= 0.6 is 0 Å². The van der Waals surface area contributed by atoms with Gasteiger partial charge in [0.1, 0.15) is 11.9 Å². The Morgan fingerprint density at radius 2 is 2.00 bits per heavy atom. The lowest BCUT2D eigenvalue weighted by molar-refractivity contribution is -0.136. The predicted octanol–water partition coefficient (Wildman–Crippen LogP) is 1.18. The summed E-state index contributed by atoms with van der Waals surface area (Å²) in [5, 5.41) is 0. The third-order valence-electron chi connectivity index (χ3n) is 3.35. The molecule has 1 aromatic carbocycles. The van der Waals surface area contributed by atoms with Crippen LogP contribution in [0.4, 0.5) is 13.2 Å². The van der Waals surface area contributed by atoms with Gasteiger partial charge in [0.25, 0.3) is 0 Å². The summed E-state index contributed by atoms with van der Waals surface area (Å²) in [6.45, 7) is 2.36. The van der Waals surface area contributed by atoms with Crippen molar-refractivity contribution in [2.24, 2.45) is 5.73 Å². The third kappa shape index (κ3) is 2.94. The summed E-state index contributed by atoms with van der Waals surface area (Å²) in [5.74, 6) is -3.82. The van der Waals surface area contributed by atoms with Gasteiger partial charge in [-0.1, -0.05) is 0 Å². The van der Waals surface area contributed by atoms with Crippen molar-refractivity contribution in [3.8, 4) is 0 Å². The van der Waals surface area contributed by atoms with Crippen LogP contribution in [0.2, 0.25) is 0 Å². The van der Waals surface area contributed by atoms with Crippen LogP contribution in [-0.2, 0) is 16.1 Å². The van der Waals surface area contributed by atoms with E-state index in [0.29, 0.717) is 19.2 Å².